The van der Waals surface area contributed by atoms with Crippen LogP contribution in [-0.4, -0.2) is 17.6 Å². The summed E-state index contributed by atoms with van der Waals surface area (Å²) < 4.78 is 11.3. The van der Waals surface area contributed by atoms with Crippen molar-refractivity contribution in [2.75, 3.05) is 6.61 Å². The Hall–Kier alpha value is -1.58. The molecule has 0 aromatic carbocycles. The van der Waals surface area contributed by atoms with Crippen LogP contribution in [0.5, 0.6) is 11.6 Å². The lowest BCUT2D eigenvalue weighted by Crippen LogP contribution is -2.26. The predicted molar refractivity (Wildman–Crippen MR) is 153 cm³/mol. The van der Waals surface area contributed by atoms with Crippen LogP contribution in [0.1, 0.15) is 142 Å². The van der Waals surface area contributed by atoms with Gasteiger partial charge in [0.25, 0.3) is 0 Å². The maximum Gasteiger partial charge on any atom is 0.314 e. The number of ether oxygens (including phenoxy) is 2. The van der Waals surface area contributed by atoms with Crippen molar-refractivity contribution in [1.82, 2.24) is 4.98 Å². The minimum absolute atomic E-state index is 0.0403. The minimum Gasteiger partial charge on any atom is -0.478 e. The first kappa shape index (κ1) is 30.0. The number of aromatic nitrogens is 1. The molecule has 2 aliphatic carbocycles. The van der Waals surface area contributed by atoms with Crippen LogP contribution >= 0.6 is 0 Å². The quantitative estimate of drug-likeness (QED) is 0.154. The van der Waals surface area contributed by atoms with Crippen molar-refractivity contribution in [2.24, 2.45) is 23.7 Å². The first-order valence-corrected chi connectivity index (χ1v) is 16.0. The van der Waals surface area contributed by atoms with Gasteiger partial charge < -0.3 is 9.47 Å². The lowest BCUT2D eigenvalue weighted by molar-refractivity contribution is -0.140. The zero-order chi connectivity index (χ0) is 26.1. The average Bonchev–Trinajstić information content (AvgIpc) is 2.93. The highest BCUT2D eigenvalue weighted by Gasteiger charge is 2.29. The Bertz CT molecular complexity index is 718. The van der Waals surface area contributed by atoms with Gasteiger partial charge in [0.2, 0.25) is 5.88 Å². The number of pyridine rings is 1. The zero-order valence-electron chi connectivity index (χ0n) is 24.1. The number of carbonyl (C=O) groups is 1. The van der Waals surface area contributed by atoms with E-state index in [0.29, 0.717) is 18.2 Å². The smallest absolute Gasteiger partial charge is 0.314 e. The number of unbranched alkanes of at least 4 members (excludes halogenated alkanes) is 7. The largest absolute Gasteiger partial charge is 0.478 e. The minimum atomic E-state index is -0.0819. The van der Waals surface area contributed by atoms with E-state index in [1.165, 1.54) is 109 Å². The van der Waals surface area contributed by atoms with Crippen LogP contribution in [0.4, 0.5) is 0 Å². The molecule has 0 unspecified atom stereocenters. The van der Waals surface area contributed by atoms with Crippen molar-refractivity contribution in [3.05, 3.63) is 18.3 Å². The molecule has 2 saturated carbocycles. The van der Waals surface area contributed by atoms with E-state index in [4.69, 9.17) is 9.47 Å². The maximum absolute atomic E-state index is 12.7. The molecular formula is C33H55NO3. The van der Waals surface area contributed by atoms with E-state index in [9.17, 15) is 4.79 Å². The molecule has 0 atom stereocenters. The van der Waals surface area contributed by atoms with Crippen LogP contribution < -0.4 is 9.47 Å². The van der Waals surface area contributed by atoms with E-state index in [1.54, 1.807) is 18.3 Å². The monoisotopic (exact) mass is 513 g/mol. The molecule has 0 bridgehead atoms. The Labute approximate surface area is 227 Å². The van der Waals surface area contributed by atoms with Crippen molar-refractivity contribution >= 4 is 5.97 Å². The van der Waals surface area contributed by atoms with Crippen molar-refractivity contribution in [1.29, 1.82) is 0 Å². The standard InChI is InChI=1S/C33H55NO3/c1-3-5-7-9-10-12-27-13-15-28(16-14-27)17-18-29-19-21-30(22-20-29)33(35)37-31-23-24-32(34-26-31)36-25-11-8-6-4-2/h23-24,26-30H,3-22,25H2,1-2H3/t27-,28-,29-,30-. The lowest BCUT2D eigenvalue weighted by atomic mass is 9.75. The second-order valence-electron chi connectivity index (χ2n) is 12.0. The molecule has 0 saturated heterocycles. The van der Waals surface area contributed by atoms with Crippen LogP contribution in [0.15, 0.2) is 18.3 Å². The summed E-state index contributed by atoms with van der Waals surface area (Å²) in [6, 6.07) is 3.61. The summed E-state index contributed by atoms with van der Waals surface area (Å²) in [5.74, 6) is 3.86. The van der Waals surface area contributed by atoms with Gasteiger partial charge in [-0.05, 0) is 55.9 Å². The van der Waals surface area contributed by atoms with E-state index in [1.807, 2.05) is 0 Å². The first-order valence-electron chi connectivity index (χ1n) is 16.0. The van der Waals surface area contributed by atoms with Crippen LogP contribution in [0, 0.1) is 23.7 Å². The molecule has 1 heterocycles. The number of hydrogen-bond acceptors (Lipinski definition) is 4. The van der Waals surface area contributed by atoms with Gasteiger partial charge in [0.15, 0.2) is 0 Å². The van der Waals surface area contributed by atoms with Gasteiger partial charge in [0.1, 0.15) is 5.75 Å². The number of hydrogen-bond donors (Lipinski definition) is 0. The van der Waals surface area contributed by atoms with Crippen molar-refractivity contribution < 1.29 is 14.3 Å². The van der Waals surface area contributed by atoms with E-state index >= 15 is 0 Å². The van der Waals surface area contributed by atoms with Gasteiger partial charge in [-0.2, -0.15) is 0 Å². The molecule has 0 spiro atoms. The van der Waals surface area contributed by atoms with E-state index in [0.717, 1.165) is 37.0 Å². The highest BCUT2D eigenvalue weighted by atomic mass is 16.5. The third-order valence-corrected chi connectivity index (χ3v) is 9.02. The Balaban J connectivity index is 1.24. The molecule has 1 aromatic heterocycles. The molecule has 0 N–H and O–H groups in total. The summed E-state index contributed by atoms with van der Waals surface area (Å²) >= 11 is 0. The zero-order valence-corrected chi connectivity index (χ0v) is 24.1. The second-order valence-corrected chi connectivity index (χ2v) is 12.0. The Kier molecular flexibility index (Phi) is 14.5. The van der Waals surface area contributed by atoms with Crippen molar-refractivity contribution in [3.8, 4) is 11.6 Å². The Morgan fingerprint density at radius 2 is 1.30 bits per heavy atom. The van der Waals surface area contributed by atoms with Crippen molar-refractivity contribution in [2.45, 2.75) is 142 Å². The van der Waals surface area contributed by atoms with Crippen molar-refractivity contribution in [3.63, 3.8) is 0 Å². The molecule has 2 fully saturated rings. The Morgan fingerprint density at radius 1 is 0.730 bits per heavy atom. The summed E-state index contributed by atoms with van der Waals surface area (Å²) in [5, 5.41) is 0. The van der Waals surface area contributed by atoms with Gasteiger partial charge in [-0.3, -0.25) is 4.79 Å². The fourth-order valence-corrected chi connectivity index (χ4v) is 6.42. The van der Waals surface area contributed by atoms with Gasteiger partial charge >= 0.3 is 5.97 Å². The van der Waals surface area contributed by atoms with Gasteiger partial charge in [-0.25, -0.2) is 4.98 Å². The van der Waals surface area contributed by atoms with Gasteiger partial charge in [-0.15, -0.1) is 0 Å². The summed E-state index contributed by atoms with van der Waals surface area (Å²) in [6.45, 7) is 5.19. The van der Waals surface area contributed by atoms with Crippen LogP contribution in [0.25, 0.3) is 0 Å². The number of carbonyl (C=O) groups excluding carboxylic acids is 1. The average molecular weight is 514 g/mol. The second kappa shape index (κ2) is 17.8. The fourth-order valence-electron chi connectivity index (χ4n) is 6.42. The molecule has 1 aromatic rings. The first-order chi connectivity index (χ1) is 18.2. The molecule has 210 valence electrons. The maximum atomic E-state index is 12.7. The van der Waals surface area contributed by atoms with Gasteiger partial charge in [0.05, 0.1) is 18.7 Å². The third-order valence-electron chi connectivity index (χ3n) is 9.02. The molecule has 0 aliphatic heterocycles. The van der Waals surface area contributed by atoms with Crippen LogP contribution in [0.3, 0.4) is 0 Å². The normalized spacial score (nSPS) is 24.1. The Morgan fingerprint density at radius 3 is 1.89 bits per heavy atom. The predicted octanol–water partition coefficient (Wildman–Crippen LogP) is 9.70. The van der Waals surface area contributed by atoms with Gasteiger partial charge in [-0.1, -0.05) is 110 Å². The molecule has 2 aliphatic rings. The van der Waals surface area contributed by atoms with E-state index in [2.05, 4.69) is 18.8 Å². The number of nitrogens with zero attached hydrogens (tertiary/aromatic N) is 1. The van der Waals surface area contributed by atoms with E-state index < -0.39 is 0 Å². The number of esters is 1. The summed E-state index contributed by atoms with van der Waals surface area (Å²) in [6.07, 6.45) is 27.8. The summed E-state index contributed by atoms with van der Waals surface area (Å²) in [4.78, 5) is 17.0. The summed E-state index contributed by atoms with van der Waals surface area (Å²) in [7, 11) is 0. The molecular weight excluding hydrogens is 458 g/mol. The van der Waals surface area contributed by atoms with Crippen LogP contribution in [-0.2, 0) is 4.79 Å². The summed E-state index contributed by atoms with van der Waals surface area (Å²) in [5.41, 5.74) is 0. The van der Waals surface area contributed by atoms with E-state index in [-0.39, 0.29) is 11.9 Å². The number of rotatable bonds is 17. The third kappa shape index (κ3) is 11.8. The van der Waals surface area contributed by atoms with Crippen LogP contribution in [0.2, 0.25) is 0 Å². The lowest BCUT2D eigenvalue weighted by Gasteiger charge is -2.31. The molecule has 0 amide bonds. The molecule has 4 nitrogen and oxygen atoms in total. The van der Waals surface area contributed by atoms with Gasteiger partial charge in [0, 0.05) is 6.07 Å². The highest BCUT2D eigenvalue weighted by molar-refractivity contribution is 5.75. The molecule has 0 radical (unpaired) electrons. The molecule has 4 heteroatoms. The molecule has 3 rings (SSSR count). The topological polar surface area (TPSA) is 48.4 Å². The molecule has 37 heavy (non-hydrogen) atoms. The fraction of sp³-hybridized carbons (Fsp3) is 0.818. The highest BCUT2D eigenvalue weighted by Crippen LogP contribution is 2.38. The SMILES string of the molecule is CCCCCCC[C@H]1CC[C@H](CC[C@H]2CC[C@H](C(=O)Oc3ccc(OCCCCCC)nc3)CC2)CC1.